The van der Waals surface area contributed by atoms with Crippen LogP contribution >= 0.6 is 22.6 Å². The summed E-state index contributed by atoms with van der Waals surface area (Å²) in [4.78, 5) is 38.7. The van der Waals surface area contributed by atoms with Crippen LogP contribution in [-0.2, 0) is 35.1 Å². The third-order valence-corrected chi connectivity index (χ3v) is 5.61. The number of methoxy groups -OCH3 is 3. The molecule has 2 aromatic rings. The van der Waals surface area contributed by atoms with Crippen molar-refractivity contribution in [2.24, 2.45) is 0 Å². The Hall–Kier alpha value is -3.12. The second kappa shape index (κ2) is 11.1. The Morgan fingerprint density at radius 2 is 1.64 bits per heavy atom. The van der Waals surface area contributed by atoms with Crippen LogP contribution in [0, 0.1) is 3.57 Å². The summed E-state index contributed by atoms with van der Waals surface area (Å²) < 4.78 is 26.8. The highest BCUT2D eigenvalue weighted by Crippen LogP contribution is 2.39. The number of nitrogens with zero attached hydrogens (tertiary/aromatic N) is 1. The van der Waals surface area contributed by atoms with Gasteiger partial charge in [0.2, 0.25) is 0 Å². The molecule has 0 N–H and O–H groups in total. The molecule has 9 nitrogen and oxygen atoms in total. The van der Waals surface area contributed by atoms with Crippen molar-refractivity contribution in [1.29, 1.82) is 0 Å². The van der Waals surface area contributed by atoms with Gasteiger partial charge in [-0.3, -0.25) is 0 Å². The van der Waals surface area contributed by atoms with Gasteiger partial charge in [0.1, 0.15) is 24.8 Å². The van der Waals surface area contributed by atoms with E-state index in [0.717, 1.165) is 5.56 Å². The lowest BCUT2D eigenvalue weighted by Crippen LogP contribution is -2.39. The van der Waals surface area contributed by atoms with Crippen molar-refractivity contribution >= 4 is 46.2 Å². The van der Waals surface area contributed by atoms with Crippen molar-refractivity contribution in [3.8, 4) is 5.75 Å². The van der Waals surface area contributed by atoms with Gasteiger partial charge in [-0.2, -0.15) is 0 Å². The van der Waals surface area contributed by atoms with Gasteiger partial charge >= 0.3 is 17.9 Å². The molecular formula is C23H22INO8. The zero-order valence-electron chi connectivity index (χ0n) is 18.3. The van der Waals surface area contributed by atoms with Gasteiger partial charge in [-0.05, 0) is 40.3 Å². The first kappa shape index (κ1) is 24.5. The van der Waals surface area contributed by atoms with E-state index in [1.165, 1.54) is 32.3 Å². The van der Waals surface area contributed by atoms with Gasteiger partial charge < -0.3 is 28.6 Å². The van der Waals surface area contributed by atoms with E-state index >= 15 is 0 Å². The lowest BCUT2D eigenvalue weighted by molar-refractivity contribution is -0.140. The van der Waals surface area contributed by atoms with Crippen molar-refractivity contribution in [3.05, 3.63) is 68.4 Å². The number of halogens is 1. The molecule has 0 aromatic heterocycles. The fraction of sp³-hybridized carbons (Fsp3) is 0.261. The number of ether oxygens (including phenoxy) is 5. The second-order valence-corrected chi connectivity index (χ2v) is 7.95. The summed E-state index contributed by atoms with van der Waals surface area (Å²) in [5, 5.41) is 0. The normalized spacial score (nSPS) is 13.4. The number of benzene rings is 2. The second-order valence-electron chi connectivity index (χ2n) is 6.79. The van der Waals surface area contributed by atoms with Gasteiger partial charge in [0, 0.05) is 3.57 Å². The molecule has 0 atom stereocenters. The van der Waals surface area contributed by atoms with Crippen LogP contribution in [0.25, 0.3) is 0 Å². The lowest BCUT2D eigenvalue weighted by atomic mass is 10.1. The molecule has 0 bridgehead atoms. The Labute approximate surface area is 204 Å². The number of esters is 3. The van der Waals surface area contributed by atoms with Crippen molar-refractivity contribution in [2.45, 2.75) is 6.61 Å². The molecule has 1 aliphatic rings. The molecule has 0 spiro atoms. The number of rotatable bonds is 7. The predicted molar refractivity (Wildman–Crippen MR) is 126 cm³/mol. The molecule has 174 valence electrons. The summed E-state index contributed by atoms with van der Waals surface area (Å²) in [6.07, 6.45) is 0. The third-order valence-electron chi connectivity index (χ3n) is 4.79. The zero-order valence-corrected chi connectivity index (χ0v) is 20.4. The van der Waals surface area contributed by atoms with Crippen molar-refractivity contribution < 1.29 is 38.1 Å². The van der Waals surface area contributed by atoms with Gasteiger partial charge in [0.15, 0.2) is 0 Å². The Kier molecular flexibility index (Phi) is 8.28. The van der Waals surface area contributed by atoms with E-state index in [1.54, 1.807) is 6.07 Å². The smallest absolute Gasteiger partial charge is 0.355 e. The number of carbonyl (C=O) groups excluding carboxylic acids is 3. The molecule has 2 aromatic carbocycles. The van der Waals surface area contributed by atoms with Gasteiger partial charge in [0.05, 0.1) is 44.8 Å². The summed E-state index contributed by atoms with van der Waals surface area (Å²) in [7, 11) is 3.72. The molecule has 33 heavy (non-hydrogen) atoms. The molecule has 0 aliphatic carbocycles. The Bertz CT molecular complexity index is 1080. The number of anilines is 1. The van der Waals surface area contributed by atoms with E-state index in [-0.39, 0.29) is 36.8 Å². The average molecular weight is 567 g/mol. The average Bonchev–Trinajstić information content (AvgIpc) is 2.85. The van der Waals surface area contributed by atoms with Crippen molar-refractivity contribution in [1.82, 2.24) is 0 Å². The molecule has 0 radical (unpaired) electrons. The molecule has 0 saturated heterocycles. The van der Waals surface area contributed by atoms with Gasteiger partial charge in [-0.15, -0.1) is 0 Å². The maximum atomic E-state index is 12.7. The van der Waals surface area contributed by atoms with E-state index in [2.05, 4.69) is 0 Å². The van der Waals surface area contributed by atoms with Crippen LogP contribution in [0.4, 0.5) is 5.69 Å². The molecule has 3 rings (SSSR count). The minimum atomic E-state index is -0.736. The minimum Gasteiger partial charge on any atom is -0.487 e. The van der Waals surface area contributed by atoms with Crippen molar-refractivity contribution in [2.75, 3.05) is 39.6 Å². The van der Waals surface area contributed by atoms with Crippen LogP contribution in [-0.4, -0.2) is 52.6 Å². The molecule has 0 saturated carbocycles. The SMILES string of the molecule is COC(=O)C1=C(C(=O)OC)N(c2c(I)cc(C(=O)OC)cc2OCc2ccccc2)COC1. The highest BCUT2D eigenvalue weighted by atomic mass is 127. The predicted octanol–water partition coefficient (Wildman–Crippen LogP) is 3.05. The quantitative estimate of drug-likeness (QED) is 0.284. The van der Waals surface area contributed by atoms with E-state index in [0.29, 0.717) is 15.0 Å². The fourth-order valence-electron chi connectivity index (χ4n) is 3.24. The molecule has 1 aliphatic heterocycles. The highest BCUT2D eigenvalue weighted by Gasteiger charge is 2.35. The Morgan fingerprint density at radius 3 is 2.27 bits per heavy atom. The largest absolute Gasteiger partial charge is 0.487 e. The molecule has 0 fully saturated rings. The first-order valence-electron chi connectivity index (χ1n) is 9.74. The first-order valence-corrected chi connectivity index (χ1v) is 10.8. The summed E-state index contributed by atoms with van der Waals surface area (Å²) in [6, 6.07) is 12.6. The standard InChI is InChI=1S/C23H22INO8/c1-29-21(26)15-9-17(24)20(18(10-15)33-11-14-7-5-4-6-8-14)25-13-32-12-16(22(27)30-2)19(25)23(28)31-3/h4-10H,11-13H2,1-3H3. The van der Waals surface area contributed by atoms with Gasteiger partial charge in [0.25, 0.3) is 0 Å². The number of hydrogen-bond donors (Lipinski definition) is 0. The van der Waals surface area contributed by atoms with Crippen LogP contribution in [0.3, 0.4) is 0 Å². The minimum absolute atomic E-state index is 0.0115. The van der Waals surface area contributed by atoms with Crippen LogP contribution in [0.15, 0.2) is 53.7 Å². The van der Waals surface area contributed by atoms with Crippen LogP contribution < -0.4 is 9.64 Å². The lowest BCUT2D eigenvalue weighted by Gasteiger charge is -2.33. The molecule has 1 heterocycles. The fourth-order valence-corrected chi connectivity index (χ4v) is 4.13. The van der Waals surface area contributed by atoms with E-state index in [9.17, 15) is 14.4 Å². The van der Waals surface area contributed by atoms with Gasteiger partial charge in [-0.25, -0.2) is 14.4 Å². The highest BCUT2D eigenvalue weighted by molar-refractivity contribution is 14.1. The zero-order chi connectivity index (χ0) is 24.0. The van der Waals surface area contributed by atoms with Crippen molar-refractivity contribution in [3.63, 3.8) is 0 Å². The van der Waals surface area contributed by atoms with E-state index in [1.807, 2.05) is 52.9 Å². The Balaban J connectivity index is 2.15. The molecule has 0 amide bonds. The molecule has 0 unspecified atom stereocenters. The van der Waals surface area contributed by atoms with Crippen LogP contribution in [0.5, 0.6) is 5.75 Å². The monoisotopic (exact) mass is 567 g/mol. The topological polar surface area (TPSA) is 101 Å². The summed E-state index contributed by atoms with van der Waals surface area (Å²) in [5.74, 6) is -1.70. The summed E-state index contributed by atoms with van der Waals surface area (Å²) in [5.41, 5.74) is 1.58. The van der Waals surface area contributed by atoms with E-state index < -0.39 is 17.9 Å². The van der Waals surface area contributed by atoms with Gasteiger partial charge in [-0.1, -0.05) is 30.3 Å². The molecular weight excluding hydrogens is 545 g/mol. The van der Waals surface area contributed by atoms with Crippen LogP contribution in [0.2, 0.25) is 0 Å². The Morgan fingerprint density at radius 1 is 0.970 bits per heavy atom. The van der Waals surface area contributed by atoms with Crippen LogP contribution in [0.1, 0.15) is 15.9 Å². The number of carbonyl (C=O) groups is 3. The molecule has 10 heteroatoms. The maximum absolute atomic E-state index is 12.7. The third kappa shape index (κ3) is 5.45. The number of hydrogen-bond acceptors (Lipinski definition) is 9. The maximum Gasteiger partial charge on any atom is 0.355 e. The summed E-state index contributed by atoms with van der Waals surface area (Å²) in [6.45, 7) is 0.0230. The first-order chi connectivity index (χ1) is 15.9. The summed E-state index contributed by atoms with van der Waals surface area (Å²) >= 11 is 2.02. The van der Waals surface area contributed by atoms with E-state index in [4.69, 9.17) is 23.7 Å².